The van der Waals surface area contributed by atoms with Gasteiger partial charge in [0.2, 0.25) is 0 Å². The van der Waals surface area contributed by atoms with Crippen molar-refractivity contribution < 1.29 is 14.7 Å². The number of allylic oxidation sites excluding steroid dienone is 1. The first-order valence-corrected chi connectivity index (χ1v) is 9.96. The third kappa shape index (κ3) is 2.47. The predicted molar refractivity (Wildman–Crippen MR) is 96.5 cm³/mol. The minimum Gasteiger partial charge on any atom is -0.462 e. The average molecular weight is 345 g/mol. The van der Waals surface area contributed by atoms with Crippen LogP contribution in [0.15, 0.2) is 16.8 Å². The van der Waals surface area contributed by atoms with Crippen LogP contribution in [-0.2, 0) is 9.53 Å². The Balaban J connectivity index is 1.60. The molecule has 0 spiro atoms. The highest BCUT2D eigenvalue weighted by Crippen LogP contribution is 2.64. The molecule has 6 atom stereocenters. The van der Waals surface area contributed by atoms with E-state index in [-0.39, 0.29) is 22.9 Å². The van der Waals surface area contributed by atoms with E-state index in [1.54, 1.807) is 0 Å². The third-order valence-corrected chi connectivity index (χ3v) is 8.25. The summed E-state index contributed by atoms with van der Waals surface area (Å²) in [6.45, 7) is 6.30. The van der Waals surface area contributed by atoms with Gasteiger partial charge < -0.3 is 9.94 Å². The van der Waals surface area contributed by atoms with E-state index < -0.39 is 0 Å². The van der Waals surface area contributed by atoms with Crippen LogP contribution in [0.1, 0.15) is 72.1 Å². The number of carbonyl (C=O) groups excluding carboxylic acids is 1. The summed E-state index contributed by atoms with van der Waals surface area (Å²) in [6.07, 6.45) is 11.2. The molecule has 6 unspecified atom stereocenters. The van der Waals surface area contributed by atoms with E-state index in [0.29, 0.717) is 11.8 Å². The largest absolute Gasteiger partial charge is 0.462 e. The Morgan fingerprint density at radius 1 is 1.20 bits per heavy atom. The molecule has 0 aromatic carbocycles. The molecule has 4 aliphatic carbocycles. The summed E-state index contributed by atoms with van der Waals surface area (Å²) in [4.78, 5) is 11.3. The summed E-state index contributed by atoms with van der Waals surface area (Å²) in [7, 11) is 0. The highest BCUT2D eigenvalue weighted by Gasteiger charge is 2.58. The second kappa shape index (κ2) is 5.85. The monoisotopic (exact) mass is 345 g/mol. The van der Waals surface area contributed by atoms with Crippen LogP contribution < -0.4 is 0 Å². The van der Waals surface area contributed by atoms with Gasteiger partial charge in [-0.05, 0) is 68.1 Å². The zero-order valence-corrected chi connectivity index (χ0v) is 15.8. The maximum absolute atomic E-state index is 11.3. The molecule has 3 saturated carbocycles. The van der Waals surface area contributed by atoms with Gasteiger partial charge in [-0.1, -0.05) is 30.7 Å². The van der Waals surface area contributed by atoms with Gasteiger partial charge in [0.15, 0.2) is 0 Å². The van der Waals surface area contributed by atoms with E-state index in [2.05, 4.69) is 25.1 Å². The molecular weight excluding hydrogens is 314 g/mol. The third-order valence-electron chi connectivity index (χ3n) is 8.25. The summed E-state index contributed by atoms with van der Waals surface area (Å²) < 4.78 is 5.51. The highest BCUT2D eigenvalue weighted by molar-refractivity contribution is 5.92. The molecule has 0 radical (unpaired) electrons. The lowest BCUT2D eigenvalue weighted by Gasteiger charge is -2.57. The molecule has 0 amide bonds. The summed E-state index contributed by atoms with van der Waals surface area (Å²) in [6, 6.07) is 0. The smallest absolute Gasteiger partial charge is 0.302 e. The van der Waals surface area contributed by atoms with Crippen molar-refractivity contribution in [3.8, 4) is 0 Å². The van der Waals surface area contributed by atoms with Gasteiger partial charge in [0, 0.05) is 18.8 Å². The zero-order chi connectivity index (χ0) is 17.8. The van der Waals surface area contributed by atoms with E-state index >= 15 is 0 Å². The lowest BCUT2D eigenvalue weighted by Crippen LogP contribution is -2.50. The zero-order valence-electron chi connectivity index (χ0n) is 15.8. The van der Waals surface area contributed by atoms with Gasteiger partial charge in [0.25, 0.3) is 0 Å². The summed E-state index contributed by atoms with van der Waals surface area (Å²) in [5.74, 6) is 1.93. The quantitative estimate of drug-likeness (QED) is 0.324. The van der Waals surface area contributed by atoms with E-state index in [4.69, 9.17) is 4.74 Å². The van der Waals surface area contributed by atoms with Crippen molar-refractivity contribution >= 4 is 11.7 Å². The molecule has 4 nitrogen and oxygen atoms in total. The Hall–Kier alpha value is -1.32. The van der Waals surface area contributed by atoms with Crippen LogP contribution in [0, 0.1) is 28.6 Å². The number of hydrogen-bond acceptors (Lipinski definition) is 4. The average Bonchev–Trinajstić information content (AvgIpc) is 2.91. The molecule has 4 heteroatoms. The maximum atomic E-state index is 11.3. The predicted octanol–water partition coefficient (Wildman–Crippen LogP) is 4.71. The Morgan fingerprint density at radius 2 is 1.92 bits per heavy atom. The van der Waals surface area contributed by atoms with Gasteiger partial charge >= 0.3 is 5.97 Å². The van der Waals surface area contributed by atoms with Crippen molar-refractivity contribution in [2.75, 3.05) is 0 Å². The standard InChI is InChI=1S/C21H31NO3/c1-13(23)25-15-8-10-20(2)14(12-15)4-5-16-17-6-7-19(22-24)21(17,3)11-9-18(16)20/h4,15-18,24H,5-12H2,1-3H3. The minimum absolute atomic E-state index is 0.0711. The first kappa shape index (κ1) is 17.1. The molecule has 4 rings (SSSR count). The van der Waals surface area contributed by atoms with Crippen molar-refractivity contribution in [1.82, 2.24) is 0 Å². The van der Waals surface area contributed by atoms with Crippen molar-refractivity contribution in [1.29, 1.82) is 0 Å². The molecule has 0 saturated heterocycles. The summed E-state index contributed by atoms with van der Waals surface area (Å²) in [5.41, 5.74) is 2.94. The van der Waals surface area contributed by atoms with E-state index in [1.807, 2.05) is 0 Å². The molecule has 0 aromatic heterocycles. The topological polar surface area (TPSA) is 58.9 Å². The maximum Gasteiger partial charge on any atom is 0.302 e. The molecule has 1 N–H and O–H groups in total. The Labute approximate surface area is 150 Å². The molecule has 138 valence electrons. The van der Waals surface area contributed by atoms with Gasteiger partial charge in [-0.2, -0.15) is 0 Å². The van der Waals surface area contributed by atoms with Crippen molar-refractivity contribution in [3.05, 3.63) is 11.6 Å². The van der Waals surface area contributed by atoms with Crippen molar-refractivity contribution in [2.45, 2.75) is 78.2 Å². The number of carbonyl (C=O) groups is 1. The summed E-state index contributed by atoms with van der Waals surface area (Å²) >= 11 is 0. The minimum atomic E-state index is -0.155. The number of fused-ring (bicyclic) bond motifs is 5. The SMILES string of the molecule is CC(=O)OC1CCC2(C)C(=CCC3C2CCC2(C)C(=NO)CCC32)C1. The van der Waals surface area contributed by atoms with E-state index in [1.165, 1.54) is 25.3 Å². The van der Waals surface area contributed by atoms with Gasteiger partial charge in [-0.3, -0.25) is 4.79 Å². The number of rotatable bonds is 1. The highest BCUT2D eigenvalue weighted by atomic mass is 16.5. The fourth-order valence-electron chi connectivity index (χ4n) is 6.92. The number of hydrogen-bond donors (Lipinski definition) is 1. The van der Waals surface area contributed by atoms with E-state index in [0.717, 1.165) is 50.2 Å². The van der Waals surface area contributed by atoms with E-state index in [9.17, 15) is 10.0 Å². The lowest BCUT2D eigenvalue weighted by atomic mass is 9.48. The molecule has 0 bridgehead atoms. The number of oxime groups is 1. The number of esters is 1. The van der Waals surface area contributed by atoms with Crippen LogP contribution in [-0.4, -0.2) is 23.0 Å². The van der Waals surface area contributed by atoms with Crippen LogP contribution in [0.2, 0.25) is 0 Å². The summed E-state index contributed by atoms with van der Waals surface area (Å²) in [5, 5.41) is 13.1. The van der Waals surface area contributed by atoms with Crippen LogP contribution in [0.25, 0.3) is 0 Å². The van der Waals surface area contributed by atoms with Crippen molar-refractivity contribution in [2.24, 2.45) is 33.7 Å². The molecular formula is C21H31NO3. The fourth-order valence-corrected chi connectivity index (χ4v) is 6.92. The first-order valence-electron chi connectivity index (χ1n) is 9.96. The second-order valence-electron chi connectivity index (χ2n) is 9.28. The molecule has 0 aliphatic heterocycles. The van der Waals surface area contributed by atoms with Crippen LogP contribution in [0.5, 0.6) is 0 Å². The van der Waals surface area contributed by atoms with Crippen LogP contribution >= 0.6 is 0 Å². The molecule has 0 aromatic rings. The fraction of sp³-hybridized carbons (Fsp3) is 0.810. The van der Waals surface area contributed by atoms with Gasteiger partial charge in [-0.15, -0.1) is 0 Å². The van der Waals surface area contributed by atoms with Crippen LogP contribution in [0.3, 0.4) is 0 Å². The Morgan fingerprint density at radius 3 is 2.64 bits per heavy atom. The molecule has 3 fully saturated rings. The first-order chi connectivity index (χ1) is 11.9. The van der Waals surface area contributed by atoms with Gasteiger partial charge in [0.1, 0.15) is 6.10 Å². The molecule has 0 heterocycles. The normalized spacial score (nSPS) is 47.5. The number of nitrogens with zero attached hydrogens (tertiary/aromatic N) is 1. The van der Waals surface area contributed by atoms with Gasteiger partial charge in [0.05, 0.1) is 5.71 Å². The molecule has 25 heavy (non-hydrogen) atoms. The second-order valence-corrected chi connectivity index (χ2v) is 9.28. The van der Waals surface area contributed by atoms with Crippen LogP contribution in [0.4, 0.5) is 0 Å². The number of ether oxygens (including phenoxy) is 1. The Bertz CT molecular complexity index is 639. The van der Waals surface area contributed by atoms with Gasteiger partial charge in [-0.25, -0.2) is 0 Å². The van der Waals surface area contributed by atoms with Crippen molar-refractivity contribution in [3.63, 3.8) is 0 Å². The Kier molecular flexibility index (Phi) is 4.01. The molecule has 4 aliphatic rings. The lowest BCUT2D eigenvalue weighted by molar-refractivity contribution is -0.148.